The van der Waals surface area contributed by atoms with Gasteiger partial charge in [-0.1, -0.05) is 13.8 Å². The van der Waals surface area contributed by atoms with E-state index >= 15 is 0 Å². The number of hydrogen-bond acceptors (Lipinski definition) is 3. The molecular formula is C15H33IN4O2. The SMILES string of the molecule is CN=C(NC)N(C)CCC(NC(=O)OC(C)(C)C)C(C)C.I. The highest BCUT2D eigenvalue weighted by Crippen LogP contribution is 2.11. The van der Waals surface area contributed by atoms with Gasteiger partial charge in [0.25, 0.3) is 0 Å². The number of amides is 1. The van der Waals surface area contributed by atoms with Gasteiger partial charge < -0.3 is 20.3 Å². The molecule has 0 aliphatic heterocycles. The van der Waals surface area contributed by atoms with Crippen LogP contribution in [-0.4, -0.2) is 56.3 Å². The first-order valence-corrected chi connectivity index (χ1v) is 7.46. The lowest BCUT2D eigenvalue weighted by Crippen LogP contribution is -2.45. The van der Waals surface area contributed by atoms with Crippen molar-refractivity contribution in [1.29, 1.82) is 0 Å². The second-order valence-corrected chi connectivity index (χ2v) is 6.50. The standard InChI is InChI=1S/C15H32N4O2.HI/c1-11(2)12(18-14(20)21-15(3,4)5)9-10-19(8)13(16-6)17-7;/h11-12H,9-10H2,1-8H3,(H,16,17)(H,18,20);1H. The van der Waals surface area contributed by atoms with Crippen molar-refractivity contribution >= 4 is 36.0 Å². The predicted molar refractivity (Wildman–Crippen MR) is 103 cm³/mol. The van der Waals surface area contributed by atoms with Gasteiger partial charge in [-0.25, -0.2) is 4.79 Å². The minimum Gasteiger partial charge on any atom is -0.444 e. The fourth-order valence-electron chi connectivity index (χ4n) is 1.94. The maximum absolute atomic E-state index is 11.9. The number of guanidine groups is 1. The van der Waals surface area contributed by atoms with Crippen LogP contribution in [0, 0.1) is 5.92 Å². The normalized spacial score (nSPS) is 13.2. The molecule has 0 rings (SSSR count). The van der Waals surface area contributed by atoms with Crippen LogP contribution in [0.4, 0.5) is 4.79 Å². The highest BCUT2D eigenvalue weighted by atomic mass is 127. The van der Waals surface area contributed by atoms with E-state index in [0.717, 1.165) is 18.9 Å². The van der Waals surface area contributed by atoms with Crippen molar-refractivity contribution in [2.24, 2.45) is 10.9 Å². The molecule has 1 unspecified atom stereocenters. The Morgan fingerprint density at radius 1 is 1.32 bits per heavy atom. The second-order valence-electron chi connectivity index (χ2n) is 6.50. The minimum atomic E-state index is -0.476. The molecule has 2 N–H and O–H groups in total. The van der Waals surface area contributed by atoms with Gasteiger partial charge in [-0.05, 0) is 33.1 Å². The quantitative estimate of drug-likeness (QED) is 0.402. The molecule has 0 heterocycles. The Balaban J connectivity index is 0. The Bertz CT molecular complexity index is 354. The Morgan fingerprint density at radius 2 is 1.86 bits per heavy atom. The molecule has 0 saturated carbocycles. The molecule has 6 nitrogen and oxygen atoms in total. The van der Waals surface area contributed by atoms with Crippen LogP contribution in [0.1, 0.15) is 41.0 Å². The lowest BCUT2D eigenvalue weighted by atomic mass is 10.0. The summed E-state index contributed by atoms with van der Waals surface area (Å²) in [5.41, 5.74) is -0.476. The van der Waals surface area contributed by atoms with Gasteiger partial charge in [-0.3, -0.25) is 4.99 Å². The molecule has 1 amide bonds. The lowest BCUT2D eigenvalue weighted by molar-refractivity contribution is 0.0486. The molecule has 22 heavy (non-hydrogen) atoms. The number of nitrogens with one attached hydrogen (secondary N) is 2. The van der Waals surface area contributed by atoms with E-state index in [1.165, 1.54) is 0 Å². The summed E-state index contributed by atoms with van der Waals surface area (Å²) in [5.74, 6) is 1.16. The second kappa shape index (κ2) is 10.9. The Morgan fingerprint density at radius 3 is 2.23 bits per heavy atom. The van der Waals surface area contributed by atoms with Gasteiger partial charge in [0.2, 0.25) is 0 Å². The lowest BCUT2D eigenvalue weighted by Gasteiger charge is -2.28. The van der Waals surface area contributed by atoms with E-state index in [9.17, 15) is 4.79 Å². The van der Waals surface area contributed by atoms with E-state index < -0.39 is 5.60 Å². The van der Waals surface area contributed by atoms with Crippen molar-refractivity contribution in [2.75, 3.05) is 27.7 Å². The summed E-state index contributed by atoms with van der Waals surface area (Å²) >= 11 is 0. The number of rotatable bonds is 5. The Labute approximate surface area is 152 Å². The van der Waals surface area contributed by atoms with Crippen LogP contribution in [0.5, 0.6) is 0 Å². The first kappa shape index (κ1) is 23.5. The van der Waals surface area contributed by atoms with Crippen LogP contribution in [0.15, 0.2) is 4.99 Å². The van der Waals surface area contributed by atoms with Crippen LogP contribution in [-0.2, 0) is 4.74 Å². The Kier molecular flexibility index (Phi) is 11.7. The molecular weight excluding hydrogens is 395 g/mol. The maximum Gasteiger partial charge on any atom is 0.407 e. The van der Waals surface area contributed by atoms with Crippen LogP contribution >= 0.6 is 24.0 Å². The molecule has 0 bridgehead atoms. The van der Waals surface area contributed by atoms with E-state index in [4.69, 9.17) is 4.74 Å². The number of alkyl carbamates (subject to hydrolysis) is 1. The number of aliphatic imine (C=N–C) groups is 1. The Hall–Kier alpha value is -0.730. The fraction of sp³-hybridized carbons (Fsp3) is 0.867. The van der Waals surface area contributed by atoms with Crippen LogP contribution in [0.3, 0.4) is 0 Å². The summed E-state index contributed by atoms with van der Waals surface area (Å²) in [5, 5.41) is 6.00. The number of hydrogen-bond donors (Lipinski definition) is 2. The predicted octanol–water partition coefficient (Wildman–Crippen LogP) is 2.68. The van der Waals surface area contributed by atoms with Crippen molar-refractivity contribution in [3.05, 3.63) is 0 Å². The molecule has 0 saturated heterocycles. The first-order chi connectivity index (χ1) is 9.60. The van der Waals surface area contributed by atoms with Gasteiger partial charge >= 0.3 is 6.09 Å². The van der Waals surface area contributed by atoms with E-state index in [2.05, 4.69) is 29.5 Å². The van der Waals surface area contributed by atoms with Gasteiger partial charge in [-0.2, -0.15) is 0 Å². The zero-order valence-corrected chi connectivity index (χ0v) is 17.5. The van der Waals surface area contributed by atoms with Crippen LogP contribution in [0.25, 0.3) is 0 Å². The first-order valence-electron chi connectivity index (χ1n) is 7.46. The fourth-order valence-corrected chi connectivity index (χ4v) is 1.94. The monoisotopic (exact) mass is 428 g/mol. The third-order valence-corrected chi connectivity index (χ3v) is 3.08. The van der Waals surface area contributed by atoms with E-state index in [-0.39, 0.29) is 36.1 Å². The van der Waals surface area contributed by atoms with Crippen molar-refractivity contribution in [3.63, 3.8) is 0 Å². The average Bonchev–Trinajstić information content (AvgIpc) is 2.33. The molecule has 0 aliphatic rings. The van der Waals surface area contributed by atoms with Gasteiger partial charge in [-0.15, -0.1) is 24.0 Å². The summed E-state index contributed by atoms with van der Waals surface area (Å²) in [6, 6.07) is 0.0669. The van der Waals surface area contributed by atoms with Crippen molar-refractivity contribution in [1.82, 2.24) is 15.5 Å². The van der Waals surface area contributed by atoms with Gasteiger partial charge in [0, 0.05) is 33.7 Å². The molecule has 7 heteroatoms. The summed E-state index contributed by atoms with van der Waals surface area (Å²) in [4.78, 5) is 18.1. The zero-order chi connectivity index (χ0) is 16.6. The molecule has 1 atom stereocenters. The minimum absolute atomic E-state index is 0. The van der Waals surface area contributed by atoms with Crippen molar-refractivity contribution in [3.8, 4) is 0 Å². The maximum atomic E-state index is 11.9. The number of nitrogens with zero attached hydrogens (tertiary/aromatic N) is 2. The summed E-state index contributed by atoms with van der Waals surface area (Å²) in [7, 11) is 5.57. The summed E-state index contributed by atoms with van der Waals surface area (Å²) < 4.78 is 5.32. The highest BCUT2D eigenvalue weighted by molar-refractivity contribution is 14.0. The van der Waals surface area contributed by atoms with Gasteiger partial charge in [0.15, 0.2) is 5.96 Å². The number of ether oxygens (including phenoxy) is 1. The van der Waals surface area contributed by atoms with E-state index in [1.54, 1.807) is 7.05 Å². The number of carbonyl (C=O) groups is 1. The molecule has 0 fully saturated rings. The van der Waals surface area contributed by atoms with E-state index in [1.807, 2.05) is 39.8 Å². The van der Waals surface area contributed by atoms with Crippen molar-refractivity contribution < 1.29 is 9.53 Å². The summed E-state index contributed by atoms with van der Waals surface area (Å²) in [6.07, 6.45) is 0.468. The largest absolute Gasteiger partial charge is 0.444 e. The van der Waals surface area contributed by atoms with Crippen LogP contribution in [0.2, 0.25) is 0 Å². The average molecular weight is 428 g/mol. The molecule has 0 spiro atoms. The highest BCUT2D eigenvalue weighted by Gasteiger charge is 2.21. The van der Waals surface area contributed by atoms with Gasteiger partial charge in [0.1, 0.15) is 5.60 Å². The smallest absolute Gasteiger partial charge is 0.407 e. The summed E-state index contributed by atoms with van der Waals surface area (Å²) in [6.45, 7) is 10.6. The van der Waals surface area contributed by atoms with Crippen LogP contribution < -0.4 is 10.6 Å². The van der Waals surface area contributed by atoms with Gasteiger partial charge in [0.05, 0.1) is 0 Å². The molecule has 0 aliphatic carbocycles. The van der Waals surface area contributed by atoms with E-state index in [0.29, 0.717) is 5.92 Å². The molecule has 0 aromatic heterocycles. The zero-order valence-electron chi connectivity index (χ0n) is 15.2. The topological polar surface area (TPSA) is 66.0 Å². The number of halogens is 1. The molecule has 132 valence electrons. The molecule has 0 aromatic rings. The molecule has 0 aromatic carbocycles. The number of carbonyl (C=O) groups excluding carboxylic acids is 1. The molecule has 0 radical (unpaired) electrons. The van der Waals surface area contributed by atoms with Crippen molar-refractivity contribution in [2.45, 2.75) is 52.7 Å². The third kappa shape index (κ3) is 10.1. The third-order valence-electron chi connectivity index (χ3n) is 3.08.